The lowest BCUT2D eigenvalue weighted by Crippen LogP contribution is -2.42. The van der Waals surface area contributed by atoms with Gasteiger partial charge in [0.2, 0.25) is 0 Å². The van der Waals surface area contributed by atoms with Crippen molar-refractivity contribution in [3.63, 3.8) is 0 Å². The topological polar surface area (TPSA) is 67.8 Å². The molecule has 1 heterocycles. The zero-order valence-electron chi connectivity index (χ0n) is 15.7. The minimum atomic E-state index is -1.03. The molecule has 0 aromatic heterocycles. The highest BCUT2D eigenvalue weighted by molar-refractivity contribution is 8.00. The van der Waals surface area contributed by atoms with E-state index in [0.717, 1.165) is 22.4 Å². The van der Waals surface area contributed by atoms with E-state index in [1.54, 1.807) is 17.8 Å². The molecule has 0 amide bonds. The molecule has 140 valence electrons. The van der Waals surface area contributed by atoms with Gasteiger partial charge in [-0.3, -0.25) is 0 Å². The minimum absolute atomic E-state index is 0.115. The Hall–Kier alpha value is -3.05. The van der Waals surface area contributed by atoms with Crippen molar-refractivity contribution in [2.75, 3.05) is 0 Å². The summed E-state index contributed by atoms with van der Waals surface area (Å²) in [5, 5.41) is 30.7. The molecule has 0 bridgehead atoms. The van der Waals surface area contributed by atoms with Crippen LogP contribution in [0.3, 0.4) is 0 Å². The third-order valence-electron chi connectivity index (χ3n) is 6.37. The smallest absolute Gasteiger partial charge is 0.110 e. The van der Waals surface area contributed by atoms with Gasteiger partial charge < -0.3 is 5.11 Å². The van der Waals surface area contributed by atoms with Crippen molar-refractivity contribution in [1.82, 2.24) is 0 Å². The van der Waals surface area contributed by atoms with Crippen LogP contribution in [0.1, 0.15) is 46.6 Å². The Kier molecular flexibility index (Phi) is 4.03. The third-order valence-corrected chi connectivity index (χ3v) is 8.11. The van der Waals surface area contributed by atoms with Gasteiger partial charge in [0, 0.05) is 10.8 Å². The highest BCUT2D eigenvalue weighted by Crippen LogP contribution is 2.72. The van der Waals surface area contributed by atoms with Gasteiger partial charge >= 0.3 is 0 Å². The summed E-state index contributed by atoms with van der Waals surface area (Å²) in [5.41, 5.74) is 3.31. The van der Waals surface area contributed by atoms with Gasteiger partial charge in [0.25, 0.3) is 0 Å². The monoisotopic (exact) mass is 394 g/mol. The van der Waals surface area contributed by atoms with E-state index in [1.807, 2.05) is 54.6 Å². The van der Waals surface area contributed by atoms with E-state index < -0.39 is 10.3 Å². The van der Waals surface area contributed by atoms with Gasteiger partial charge in [-0.15, -0.1) is 11.8 Å². The second kappa shape index (κ2) is 6.49. The Morgan fingerprint density at radius 3 is 2.28 bits per heavy atom. The quantitative estimate of drug-likeness (QED) is 0.649. The highest BCUT2D eigenvalue weighted by atomic mass is 32.2. The van der Waals surface area contributed by atoms with Crippen molar-refractivity contribution in [2.24, 2.45) is 0 Å². The first-order valence-corrected chi connectivity index (χ1v) is 10.5. The molecule has 3 aromatic carbocycles. The Morgan fingerprint density at radius 1 is 0.897 bits per heavy atom. The van der Waals surface area contributed by atoms with Gasteiger partial charge in [0.1, 0.15) is 5.60 Å². The summed E-state index contributed by atoms with van der Waals surface area (Å²) in [6, 6.07) is 28.0. The molecule has 2 unspecified atom stereocenters. The maximum absolute atomic E-state index is 12.1. The molecule has 0 spiro atoms. The maximum Gasteiger partial charge on any atom is 0.110 e. The fraction of sp³-hybridized carbons (Fsp3) is 0.200. The predicted molar refractivity (Wildman–Crippen MR) is 112 cm³/mol. The van der Waals surface area contributed by atoms with Crippen LogP contribution in [0.4, 0.5) is 0 Å². The van der Waals surface area contributed by atoms with E-state index in [-0.39, 0.29) is 5.92 Å². The first-order chi connectivity index (χ1) is 14.1. The average molecular weight is 394 g/mol. The van der Waals surface area contributed by atoms with Crippen molar-refractivity contribution in [3.05, 3.63) is 101 Å². The van der Waals surface area contributed by atoms with E-state index in [1.165, 1.54) is 5.56 Å². The van der Waals surface area contributed by atoms with Gasteiger partial charge in [0.15, 0.2) is 0 Å². The van der Waals surface area contributed by atoms with Crippen LogP contribution in [-0.4, -0.2) is 5.11 Å². The number of benzene rings is 3. The van der Waals surface area contributed by atoms with Crippen LogP contribution < -0.4 is 0 Å². The molecule has 1 aliphatic carbocycles. The second-order valence-corrected chi connectivity index (χ2v) is 9.00. The number of fused-ring (bicyclic) bond motifs is 3. The molecule has 5 rings (SSSR count). The number of hydrogen-bond acceptors (Lipinski definition) is 4. The Balaban J connectivity index is 1.76. The molecule has 3 nitrogen and oxygen atoms in total. The molecule has 1 N–H and O–H groups in total. The number of thioether (sulfide) groups is 1. The van der Waals surface area contributed by atoms with Gasteiger partial charge in [-0.2, -0.15) is 10.5 Å². The second-order valence-electron chi connectivity index (χ2n) is 7.71. The molecule has 2 aliphatic rings. The molecule has 1 fully saturated rings. The normalized spacial score (nSPS) is 26.9. The summed E-state index contributed by atoms with van der Waals surface area (Å²) in [6.45, 7) is 0. The van der Waals surface area contributed by atoms with Crippen molar-refractivity contribution in [2.45, 2.75) is 34.0 Å². The number of hydrogen-bond donors (Lipinski definition) is 1. The summed E-state index contributed by atoms with van der Waals surface area (Å²) in [6.07, 6.45) is 1.52. The van der Waals surface area contributed by atoms with Crippen LogP contribution in [0.15, 0.2) is 77.7 Å². The SMILES string of the molecule is N#Cc1ccc([C@@]23Sc4cc(C#N)ccc4C2(O)CCC3c2ccccc2)cc1. The zero-order valence-corrected chi connectivity index (χ0v) is 16.5. The van der Waals surface area contributed by atoms with Crippen molar-refractivity contribution >= 4 is 11.8 Å². The van der Waals surface area contributed by atoms with Gasteiger partial charge in [-0.1, -0.05) is 48.5 Å². The first kappa shape index (κ1) is 18.0. The molecule has 1 aliphatic heterocycles. The van der Waals surface area contributed by atoms with Crippen LogP contribution in [0.2, 0.25) is 0 Å². The van der Waals surface area contributed by atoms with E-state index in [2.05, 4.69) is 24.3 Å². The lowest BCUT2D eigenvalue weighted by Gasteiger charge is -2.41. The molecule has 3 atom stereocenters. The predicted octanol–water partition coefficient (Wildman–Crippen LogP) is 5.20. The summed E-state index contributed by atoms with van der Waals surface area (Å²) in [5.74, 6) is 0.115. The number of aliphatic hydroxyl groups is 1. The molecular weight excluding hydrogens is 376 g/mol. The van der Waals surface area contributed by atoms with Crippen LogP contribution in [0.25, 0.3) is 0 Å². The van der Waals surface area contributed by atoms with E-state index in [9.17, 15) is 15.6 Å². The highest BCUT2D eigenvalue weighted by Gasteiger charge is 2.66. The summed E-state index contributed by atoms with van der Waals surface area (Å²) >= 11 is 1.67. The Bertz CT molecular complexity index is 1180. The van der Waals surface area contributed by atoms with Crippen LogP contribution in [0.5, 0.6) is 0 Å². The van der Waals surface area contributed by atoms with Gasteiger partial charge in [-0.25, -0.2) is 0 Å². The fourth-order valence-corrected chi connectivity index (χ4v) is 7.00. The Labute approximate surface area is 174 Å². The fourth-order valence-electron chi connectivity index (χ4n) is 5.09. The number of rotatable bonds is 2. The Morgan fingerprint density at radius 2 is 1.59 bits per heavy atom. The molecule has 29 heavy (non-hydrogen) atoms. The van der Waals surface area contributed by atoms with E-state index in [4.69, 9.17) is 0 Å². The van der Waals surface area contributed by atoms with Gasteiger partial charge in [0.05, 0.1) is 28.0 Å². The van der Waals surface area contributed by atoms with Crippen molar-refractivity contribution < 1.29 is 5.11 Å². The lowest BCUT2D eigenvalue weighted by atomic mass is 9.74. The van der Waals surface area contributed by atoms with Crippen LogP contribution >= 0.6 is 11.8 Å². The molecule has 3 aromatic rings. The maximum atomic E-state index is 12.1. The molecule has 0 saturated heterocycles. The number of nitriles is 2. The standard InChI is InChI=1S/C25H18N2OS/c26-15-17-6-9-20(10-7-17)25-21(19-4-2-1-3-5-19)12-13-24(25,28)22-11-8-18(16-27)14-23(22)29-25/h1-11,14,21,28H,12-13H2/t21?,24?,25-/m0/s1. The van der Waals surface area contributed by atoms with Crippen LogP contribution in [-0.2, 0) is 10.3 Å². The average Bonchev–Trinajstić information content (AvgIpc) is 3.21. The zero-order chi connectivity index (χ0) is 20.1. The largest absolute Gasteiger partial charge is 0.383 e. The van der Waals surface area contributed by atoms with Crippen molar-refractivity contribution in [3.8, 4) is 12.1 Å². The molecule has 1 saturated carbocycles. The van der Waals surface area contributed by atoms with Crippen molar-refractivity contribution in [1.29, 1.82) is 10.5 Å². The summed E-state index contributed by atoms with van der Waals surface area (Å²) in [7, 11) is 0. The molecular formula is C25H18N2OS. The van der Waals surface area contributed by atoms with E-state index in [0.29, 0.717) is 17.5 Å². The summed E-state index contributed by atoms with van der Waals surface area (Å²) < 4.78 is -0.598. The number of nitrogens with zero attached hydrogens (tertiary/aromatic N) is 2. The van der Waals surface area contributed by atoms with E-state index >= 15 is 0 Å². The first-order valence-electron chi connectivity index (χ1n) is 9.64. The van der Waals surface area contributed by atoms with Crippen LogP contribution in [0, 0.1) is 22.7 Å². The lowest BCUT2D eigenvalue weighted by molar-refractivity contribution is 0.0125. The third kappa shape index (κ3) is 2.40. The van der Waals surface area contributed by atoms with Gasteiger partial charge in [-0.05, 0) is 53.8 Å². The summed E-state index contributed by atoms with van der Waals surface area (Å²) in [4.78, 5) is 0.969. The molecule has 0 radical (unpaired) electrons. The molecule has 4 heteroatoms. The minimum Gasteiger partial charge on any atom is -0.383 e.